The van der Waals surface area contributed by atoms with E-state index in [0.717, 1.165) is 43.3 Å². The van der Waals surface area contributed by atoms with Crippen LogP contribution in [0, 0.1) is 17.6 Å². The highest BCUT2D eigenvalue weighted by atomic mass is 19.1. The van der Waals surface area contributed by atoms with Crippen LogP contribution >= 0.6 is 0 Å². The number of hydrogen-bond donors (Lipinski definition) is 3. The number of piperidine rings is 1. The van der Waals surface area contributed by atoms with Gasteiger partial charge >= 0.3 is 0 Å². The number of hydrogen-bond acceptors (Lipinski definition) is 3. The zero-order chi connectivity index (χ0) is 26.6. The van der Waals surface area contributed by atoms with E-state index >= 15 is 0 Å². The fraction of sp³-hybridized carbons (Fsp3) is 0.400. The van der Waals surface area contributed by atoms with Crippen molar-refractivity contribution in [3.05, 3.63) is 77.5 Å². The predicted molar refractivity (Wildman–Crippen MR) is 144 cm³/mol. The molecule has 200 valence electrons. The minimum Gasteiger partial charge on any atom is -0.368 e. The van der Waals surface area contributed by atoms with E-state index in [-0.39, 0.29) is 29.3 Å². The van der Waals surface area contributed by atoms with Crippen molar-refractivity contribution in [1.29, 1.82) is 0 Å². The zero-order valence-electron chi connectivity index (χ0n) is 21.3. The van der Waals surface area contributed by atoms with Gasteiger partial charge in [-0.2, -0.15) is 0 Å². The molecule has 3 aromatic rings. The lowest BCUT2D eigenvalue weighted by Gasteiger charge is -2.38. The summed E-state index contributed by atoms with van der Waals surface area (Å²) in [7, 11) is 0. The fourth-order valence-electron chi connectivity index (χ4n) is 6.09. The molecule has 1 saturated carbocycles. The maximum atomic E-state index is 13.8. The number of H-pyrrole nitrogens is 1. The first-order valence-electron chi connectivity index (χ1n) is 13.4. The molecule has 2 heterocycles. The second-order valence-electron chi connectivity index (χ2n) is 10.5. The van der Waals surface area contributed by atoms with Gasteiger partial charge in [-0.3, -0.25) is 9.59 Å². The molecule has 1 aliphatic carbocycles. The number of amides is 2. The lowest BCUT2D eigenvalue weighted by atomic mass is 9.80. The molecule has 2 aromatic carbocycles. The number of nitrogens with one attached hydrogen (secondary N) is 2. The van der Waals surface area contributed by atoms with Crippen LogP contribution < -0.4 is 11.1 Å². The summed E-state index contributed by atoms with van der Waals surface area (Å²) in [4.78, 5) is 30.0. The number of aromatic amines is 1. The highest BCUT2D eigenvalue weighted by Crippen LogP contribution is 2.37. The minimum atomic E-state index is -0.710. The van der Waals surface area contributed by atoms with Crippen molar-refractivity contribution in [3.8, 4) is 0 Å². The normalized spacial score (nSPS) is 21.7. The molecule has 1 saturated heterocycles. The van der Waals surface area contributed by atoms with Crippen LogP contribution in [-0.2, 0) is 9.59 Å². The smallest absolute Gasteiger partial charge is 0.246 e. The van der Waals surface area contributed by atoms with E-state index in [2.05, 4.69) is 34.7 Å². The van der Waals surface area contributed by atoms with Crippen LogP contribution in [0.15, 0.2) is 54.7 Å². The van der Waals surface area contributed by atoms with Gasteiger partial charge in [-0.1, -0.05) is 24.3 Å². The largest absolute Gasteiger partial charge is 0.368 e. The molecule has 1 atom stereocenters. The molecular formula is C30H34F2N4O2. The van der Waals surface area contributed by atoms with Crippen LogP contribution in [0.2, 0.25) is 0 Å². The molecule has 1 unspecified atom stereocenters. The predicted octanol–water partition coefficient (Wildman–Crippen LogP) is 4.87. The van der Waals surface area contributed by atoms with Crippen molar-refractivity contribution in [2.45, 2.75) is 56.5 Å². The van der Waals surface area contributed by atoms with Crippen LogP contribution in [0.5, 0.6) is 0 Å². The molecule has 0 bridgehead atoms. The SMILES string of the molecule is NC(=O)C(NC1CCC(c2c[nH]c3ccccc23)CC1)C1CCN(C(=O)/C=C/c2c(F)cccc2F)CC1. The number of benzene rings is 2. The van der Waals surface area contributed by atoms with Crippen molar-refractivity contribution >= 4 is 28.8 Å². The number of para-hydroxylation sites is 1. The van der Waals surface area contributed by atoms with Gasteiger partial charge in [0, 0.05) is 47.9 Å². The van der Waals surface area contributed by atoms with Gasteiger partial charge in [-0.05, 0) is 80.2 Å². The monoisotopic (exact) mass is 520 g/mol. The Labute approximate surface area is 221 Å². The molecule has 5 rings (SSSR count). The molecule has 8 heteroatoms. The molecule has 0 spiro atoms. The number of fused-ring (bicyclic) bond motifs is 1. The third-order valence-corrected chi connectivity index (χ3v) is 8.23. The summed E-state index contributed by atoms with van der Waals surface area (Å²) in [5, 5.41) is 4.83. The van der Waals surface area contributed by atoms with E-state index in [4.69, 9.17) is 5.73 Å². The Kier molecular flexibility index (Phi) is 7.88. The molecule has 2 aliphatic rings. The molecule has 1 aromatic heterocycles. The van der Waals surface area contributed by atoms with Crippen LogP contribution in [0.3, 0.4) is 0 Å². The number of carbonyl (C=O) groups is 2. The van der Waals surface area contributed by atoms with Crippen molar-refractivity contribution < 1.29 is 18.4 Å². The Morgan fingerprint density at radius 2 is 1.66 bits per heavy atom. The summed E-state index contributed by atoms with van der Waals surface area (Å²) < 4.78 is 27.7. The van der Waals surface area contributed by atoms with Crippen LogP contribution in [-0.4, -0.2) is 46.9 Å². The topological polar surface area (TPSA) is 91.2 Å². The lowest BCUT2D eigenvalue weighted by Crippen LogP contribution is -2.54. The van der Waals surface area contributed by atoms with E-state index in [1.165, 1.54) is 29.2 Å². The van der Waals surface area contributed by atoms with Gasteiger partial charge in [-0.25, -0.2) is 8.78 Å². The second-order valence-corrected chi connectivity index (χ2v) is 10.5. The third-order valence-electron chi connectivity index (χ3n) is 8.23. The van der Waals surface area contributed by atoms with Crippen LogP contribution in [0.1, 0.15) is 55.6 Å². The maximum absolute atomic E-state index is 13.8. The third kappa shape index (κ3) is 5.65. The number of likely N-dealkylation sites (tertiary alicyclic amines) is 1. The van der Waals surface area contributed by atoms with Crippen LogP contribution in [0.25, 0.3) is 17.0 Å². The standard InChI is InChI=1S/C30H34F2N4O2/c31-25-5-3-6-26(32)23(25)12-13-28(37)36-16-14-20(15-17-36)29(30(33)38)35-21-10-8-19(9-11-21)24-18-34-27-7-2-1-4-22(24)27/h1-7,12-13,18-21,29,34-35H,8-11,14-17H2,(H2,33,38)/b13-12+. The van der Waals surface area contributed by atoms with Gasteiger partial charge < -0.3 is 20.9 Å². The Hall–Kier alpha value is -3.52. The average molecular weight is 521 g/mol. The summed E-state index contributed by atoms with van der Waals surface area (Å²) in [6, 6.07) is 11.8. The van der Waals surface area contributed by atoms with Crippen molar-refractivity contribution in [1.82, 2.24) is 15.2 Å². The van der Waals surface area contributed by atoms with Gasteiger partial charge in [0.25, 0.3) is 0 Å². The molecule has 2 amide bonds. The Bertz CT molecular complexity index is 1300. The molecule has 0 radical (unpaired) electrons. The first-order chi connectivity index (χ1) is 18.4. The number of carbonyl (C=O) groups excluding carboxylic acids is 2. The summed E-state index contributed by atoms with van der Waals surface area (Å²) in [6.07, 6.45) is 9.84. The van der Waals surface area contributed by atoms with Gasteiger partial charge in [0.05, 0.1) is 6.04 Å². The molecule has 1 aliphatic heterocycles. The first-order valence-corrected chi connectivity index (χ1v) is 13.4. The van der Waals surface area contributed by atoms with Gasteiger partial charge in [0.15, 0.2) is 0 Å². The first kappa shape index (κ1) is 26.1. The summed E-state index contributed by atoms with van der Waals surface area (Å²) >= 11 is 0. The zero-order valence-corrected chi connectivity index (χ0v) is 21.3. The van der Waals surface area contributed by atoms with E-state index in [0.29, 0.717) is 31.8 Å². The number of rotatable bonds is 7. The summed E-state index contributed by atoms with van der Waals surface area (Å²) in [5.74, 6) is -1.54. The Balaban J connectivity index is 1.13. The lowest BCUT2D eigenvalue weighted by molar-refractivity contribution is -0.128. The number of aromatic nitrogens is 1. The molecular weight excluding hydrogens is 486 g/mol. The van der Waals surface area contributed by atoms with Crippen molar-refractivity contribution in [2.24, 2.45) is 11.7 Å². The van der Waals surface area contributed by atoms with E-state index in [1.54, 1.807) is 4.90 Å². The molecule has 38 heavy (non-hydrogen) atoms. The van der Waals surface area contributed by atoms with Gasteiger partial charge in [0.1, 0.15) is 11.6 Å². The molecule has 4 N–H and O–H groups in total. The summed E-state index contributed by atoms with van der Waals surface area (Å²) in [5.41, 5.74) is 8.12. The highest BCUT2D eigenvalue weighted by Gasteiger charge is 2.34. The van der Waals surface area contributed by atoms with E-state index in [9.17, 15) is 18.4 Å². The van der Waals surface area contributed by atoms with E-state index in [1.807, 2.05) is 6.07 Å². The summed E-state index contributed by atoms with van der Waals surface area (Å²) in [6.45, 7) is 0.929. The van der Waals surface area contributed by atoms with Crippen LogP contribution in [0.4, 0.5) is 8.78 Å². The number of primary amides is 1. The number of nitrogens with two attached hydrogens (primary N) is 1. The highest BCUT2D eigenvalue weighted by molar-refractivity contribution is 5.92. The minimum absolute atomic E-state index is 0.0379. The molecule has 2 fully saturated rings. The van der Waals surface area contributed by atoms with Gasteiger partial charge in [0.2, 0.25) is 11.8 Å². The second kappa shape index (κ2) is 11.5. The number of nitrogens with zero attached hydrogens (tertiary/aromatic N) is 1. The Morgan fingerprint density at radius 3 is 2.34 bits per heavy atom. The van der Waals surface area contributed by atoms with Crippen molar-refractivity contribution in [3.63, 3.8) is 0 Å². The maximum Gasteiger partial charge on any atom is 0.246 e. The molecule has 6 nitrogen and oxygen atoms in total. The van der Waals surface area contributed by atoms with Gasteiger partial charge in [-0.15, -0.1) is 0 Å². The van der Waals surface area contributed by atoms with Crippen molar-refractivity contribution in [2.75, 3.05) is 13.1 Å². The quantitative estimate of drug-likeness (QED) is 0.388. The fourth-order valence-corrected chi connectivity index (χ4v) is 6.09. The number of halogens is 2. The van der Waals surface area contributed by atoms with E-state index < -0.39 is 17.7 Å². The average Bonchev–Trinajstić information content (AvgIpc) is 3.36. The Morgan fingerprint density at radius 1 is 0.974 bits per heavy atom.